The van der Waals surface area contributed by atoms with Crippen LogP contribution in [0.25, 0.3) is 0 Å². The molecule has 6 nitrogen and oxygen atoms in total. The molecule has 2 N–H and O–H groups in total. The van der Waals surface area contributed by atoms with Crippen molar-refractivity contribution >= 4 is 29.4 Å². The highest BCUT2D eigenvalue weighted by molar-refractivity contribution is 6.31. The fourth-order valence-electron chi connectivity index (χ4n) is 3.38. The van der Waals surface area contributed by atoms with Crippen LogP contribution in [0.4, 0.5) is 10.5 Å². The Morgan fingerprint density at radius 3 is 2.75 bits per heavy atom. The summed E-state index contributed by atoms with van der Waals surface area (Å²) >= 11 is 6.37. The van der Waals surface area contributed by atoms with Gasteiger partial charge < -0.3 is 20.1 Å². The number of anilines is 1. The maximum absolute atomic E-state index is 12.9. The lowest BCUT2D eigenvalue weighted by Crippen LogP contribution is -2.44. The summed E-state index contributed by atoms with van der Waals surface area (Å²) in [6.45, 7) is 4.38. The normalized spacial score (nSPS) is 13.8. The summed E-state index contributed by atoms with van der Waals surface area (Å²) in [7, 11) is 0. The molecule has 28 heavy (non-hydrogen) atoms. The number of halogens is 1. The Morgan fingerprint density at radius 1 is 1.29 bits per heavy atom. The zero-order valence-electron chi connectivity index (χ0n) is 15.9. The summed E-state index contributed by atoms with van der Waals surface area (Å²) < 4.78 is 9.86. The molecule has 7 heteroatoms. The first kappa shape index (κ1) is 20.2. The summed E-state index contributed by atoms with van der Waals surface area (Å²) in [4.78, 5) is 26.1. The molecule has 1 atom stereocenters. The molecule has 0 fully saturated rings. The zero-order chi connectivity index (χ0) is 20.3. The number of para-hydroxylation sites is 1. The smallest absolute Gasteiger partial charge is 0.434 e. The van der Waals surface area contributed by atoms with Crippen LogP contribution in [0.1, 0.15) is 23.6 Å². The van der Waals surface area contributed by atoms with Crippen molar-refractivity contribution in [3.63, 3.8) is 0 Å². The van der Waals surface area contributed by atoms with Crippen LogP contribution < -0.4 is 15.4 Å². The van der Waals surface area contributed by atoms with Crippen molar-refractivity contribution in [3.05, 3.63) is 58.1 Å². The molecule has 0 spiro atoms. The van der Waals surface area contributed by atoms with Crippen LogP contribution in [-0.2, 0) is 22.4 Å². The first-order valence-electron chi connectivity index (χ1n) is 9.19. The summed E-state index contributed by atoms with van der Waals surface area (Å²) in [5.74, 6) is 0.158. The van der Waals surface area contributed by atoms with Gasteiger partial charge in [-0.1, -0.05) is 29.8 Å². The second-order valence-corrected chi connectivity index (χ2v) is 7.07. The van der Waals surface area contributed by atoms with Crippen molar-refractivity contribution in [1.82, 2.24) is 0 Å². The molecule has 148 valence electrons. The van der Waals surface area contributed by atoms with Gasteiger partial charge in [-0.25, -0.2) is 4.79 Å². The minimum atomic E-state index is -0.787. The number of ether oxygens (including phenoxy) is 2. The van der Waals surface area contributed by atoms with Crippen LogP contribution in [0.5, 0.6) is 5.75 Å². The molecule has 1 unspecified atom stereocenters. The lowest BCUT2D eigenvalue weighted by molar-refractivity contribution is -0.119. The highest BCUT2D eigenvalue weighted by Gasteiger charge is 2.29. The van der Waals surface area contributed by atoms with E-state index >= 15 is 0 Å². The van der Waals surface area contributed by atoms with Gasteiger partial charge in [0.25, 0.3) is 0 Å². The number of hydrogen-bond donors (Lipinski definition) is 1. The highest BCUT2D eigenvalue weighted by Crippen LogP contribution is 2.30. The van der Waals surface area contributed by atoms with Crippen molar-refractivity contribution in [2.75, 3.05) is 18.1 Å². The van der Waals surface area contributed by atoms with Crippen LogP contribution in [0.2, 0.25) is 5.02 Å². The van der Waals surface area contributed by atoms with Gasteiger partial charge in [0.15, 0.2) is 0 Å². The average molecular weight is 403 g/mol. The number of benzene rings is 2. The number of carbonyl (C=O) groups is 2. The zero-order valence-corrected chi connectivity index (χ0v) is 16.7. The molecule has 0 aromatic heterocycles. The number of nitrogens with two attached hydrogens (primary N) is 1. The SMILES string of the molecule is CCOC(=O)Oc1cc(C)c(CC(N)C(=O)N2CCc3ccccc32)c(Cl)c1. The predicted molar refractivity (Wildman–Crippen MR) is 108 cm³/mol. The first-order chi connectivity index (χ1) is 13.4. The average Bonchev–Trinajstić information content (AvgIpc) is 3.08. The Labute approximate surface area is 169 Å². The van der Waals surface area contributed by atoms with E-state index in [9.17, 15) is 9.59 Å². The highest BCUT2D eigenvalue weighted by atomic mass is 35.5. The lowest BCUT2D eigenvalue weighted by atomic mass is 10.00. The van der Waals surface area contributed by atoms with Gasteiger partial charge in [-0.05, 0) is 61.6 Å². The van der Waals surface area contributed by atoms with E-state index in [1.165, 1.54) is 6.07 Å². The first-order valence-corrected chi connectivity index (χ1v) is 9.57. The molecule has 1 heterocycles. The van der Waals surface area contributed by atoms with Gasteiger partial charge in [0.05, 0.1) is 12.6 Å². The van der Waals surface area contributed by atoms with E-state index in [1.807, 2.05) is 31.2 Å². The topological polar surface area (TPSA) is 81.9 Å². The largest absolute Gasteiger partial charge is 0.513 e. The molecule has 0 bridgehead atoms. The van der Waals surface area contributed by atoms with Crippen LogP contribution in [0.3, 0.4) is 0 Å². The minimum Gasteiger partial charge on any atom is -0.434 e. The minimum absolute atomic E-state index is 0.132. The van der Waals surface area contributed by atoms with Crippen LogP contribution >= 0.6 is 11.6 Å². The molecule has 0 saturated heterocycles. The van der Waals surface area contributed by atoms with E-state index in [0.717, 1.165) is 28.8 Å². The van der Waals surface area contributed by atoms with E-state index in [-0.39, 0.29) is 18.3 Å². The van der Waals surface area contributed by atoms with Crippen molar-refractivity contribution < 1.29 is 19.1 Å². The lowest BCUT2D eigenvalue weighted by Gasteiger charge is -2.22. The molecule has 3 rings (SSSR count). The molecular weight excluding hydrogens is 380 g/mol. The van der Waals surface area contributed by atoms with E-state index in [2.05, 4.69) is 0 Å². The fourth-order valence-corrected chi connectivity index (χ4v) is 3.71. The number of fused-ring (bicyclic) bond motifs is 1. The third kappa shape index (κ3) is 4.29. The second-order valence-electron chi connectivity index (χ2n) is 6.66. The number of nitrogens with zero attached hydrogens (tertiary/aromatic N) is 1. The quantitative estimate of drug-likeness (QED) is 0.609. The Hall–Kier alpha value is -2.57. The number of hydrogen-bond acceptors (Lipinski definition) is 5. The number of amides is 1. The molecule has 2 aromatic rings. The van der Waals surface area contributed by atoms with Gasteiger partial charge in [0.2, 0.25) is 5.91 Å². The van der Waals surface area contributed by atoms with Gasteiger partial charge in [-0.2, -0.15) is 0 Å². The Balaban J connectivity index is 1.73. The summed E-state index contributed by atoms with van der Waals surface area (Å²) in [5.41, 5.74) is 9.84. The molecule has 1 aliphatic heterocycles. The van der Waals surface area contributed by atoms with Crippen molar-refractivity contribution in [2.24, 2.45) is 5.73 Å². The van der Waals surface area contributed by atoms with Gasteiger partial charge in [0.1, 0.15) is 5.75 Å². The molecule has 0 radical (unpaired) electrons. The molecule has 2 aromatic carbocycles. The Kier molecular flexibility index (Phi) is 6.21. The van der Waals surface area contributed by atoms with Crippen molar-refractivity contribution in [3.8, 4) is 5.75 Å². The fraction of sp³-hybridized carbons (Fsp3) is 0.333. The summed E-state index contributed by atoms with van der Waals surface area (Å²) in [6.07, 6.45) is 0.334. The van der Waals surface area contributed by atoms with Crippen molar-refractivity contribution in [1.29, 1.82) is 0 Å². The van der Waals surface area contributed by atoms with Crippen LogP contribution in [-0.4, -0.2) is 31.3 Å². The number of rotatable bonds is 5. The van der Waals surface area contributed by atoms with E-state index < -0.39 is 12.2 Å². The van der Waals surface area contributed by atoms with Crippen LogP contribution in [0.15, 0.2) is 36.4 Å². The monoisotopic (exact) mass is 402 g/mol. The van der Waals surface area contributed by atoms with E-state index in [0.29, 0.717) is 18.0 Å². The second kappa shape index (κ2) is 8.63. The molecule has 0 aliphatic carbocycles. The van der Waals surface area contributed by atoms with E-state index in [4.69, 9.17) is 26.8 Å². The third-order valence-electron chi connectivity index (χ3n) is 4.75. The molecule has 1 amide bonds. The predicted octanol–water partition coefficient (Wildman–Crippen LogP) is 3.64. The third-order valence-corrected chi connectivity index (χ3v) is 5.09. The Morgan fingerprint density at radius 2 is 2.04 bits per heavy atom. The van der Waals surface area contributed by atoms with E-state index in [1.54, 1.807) is 17.9 Å². The van der Waals surface area contributed by atoms with Gasteiger partial charge in [-0.15, -0.1) is 0 Å². The maximum atomic E-state index is 12.9. The van der Waals surface area contributed by atoms with Gasteiger partial charge >= 0.3 is 6.16 Å². The number of aryl methyl sites for hydroxylation is 1. The molecule has 0 saturated carbocycles. The van der Waals surface area contributed by atoms with Crippen LogP contribution in [0, 0.1) is 6.92 Å². The number of carbonyl (C=O) groups excluding carboxylic acids is 2. The maximum Gasteiger partial charge on any atom is 0.513 e. The Bertz CT molecular complexity index is 877. The van der Waals surface area contributed by atoms with Crippen molar-refractivity contribution in [2.45, 2.75) is 32.7 Å². The van der Waals surface area contributed by atoms with Gasteiger partial charge in [-0.3, -0.25) is 4.79 Å². The molecule has 1 aliphatic rings. The standard InChI is InChI=1S/C21H23ClN2O4/c1-3-27-21(26)28-15-10-13(2)16(17(22)11-15)12-18(23)20(25)24-9-8-14-6-4-5-7-19(14)24/h4-7,10-11,18H,3,8-9,12,23H2,1-2H3. The summed E-state index contributed by atoms with van der Waals surface area (Å²) in [5, 5.41) is 0.393. The summed E-state index contributed by atoms with van der Waals surface area (Å²) in [6, 6.07) is 10.3. The van der Waals surface area contributed by atoms with Gasteiger partial charge in [0, 0.05) is 17.3 Å². The molecular formula is C21H23ClN2O4.